The number of pyridine rings is 1. The maximum Gasteiger partial charge on any atom is 0.252 e. The number of amides is 1. The average Bonchev–Trinajstić information content (AvgIpc) is 3.30. The monoisotopic (exact) mass is 377 g/mol. The van der Waals surface area contributed by atoms with Crippen LogP contribution in [-0.2, 0) is 13.5 Å². The smallest absolute Gasteiger partial charge is 0.252 e. The minimum absolute atomic E-state index is 0.118. The first-order valence-corrected chi connectivity index (χ1v) is 9.58. The quantitative estimate of drug-likeness (QED) is 0.579. The van der Waals surface area contributed by atoms with Gasteiger partial charge in [0.1, 0.15) is 0 Å². The Labute approximate surface area is 160 Å². The van der Waals surface area contributed by atoms with Gasteiger partial charge in [-0.2, -0.15) is 5.10 Å². The highest BCUT2D eigenvalue weighted by Gasteiger charge is 2.19. The molecule has 0 aliphatic rings. The van der Waals surface area contributed by atoms with E-state index in [4.69, 9.17) is 4.98 Å². The number of thiazole rings is 1. The molecule has 3 heterocycles. The van der Waals surface area contributed by atoms with Gasteiger partial charge in [-0.3, -0.25) is 9.48 Å². The minimum Gasteiger partial charge on any atom is -0.352 e. The van der Waals surface area contributed by atoms with Gasteiger partial charge in [-0.15, -0.1) is 11.3 Å². The van der Waals surface area contributed by atoms with Gasteiger partial charge in [0.2, 0.25) is 0 Å². The fourth-order valence-corrected chi connectivity index (χ4v) is 3.76. The Hall–Kier alpha value is -3.06. The Kier molecular flexibility index (Phi) is 4.68. The van der Waals surface area contributed by atoms with E-state index in [0.29, 0.717) is 17.8 Å². The van der Waals surface area contributed by atoms with Crippen LogP contribution >= 0.6 is 11.3 Å². The predicted molar refractivity (Wildman–Crippen MR) is 107 cm³/mol. The number of nitrogens with one attached hydrogen (secondary N) is 1. The summed E-state index contributed by atoms with van der Waals surface area (Å²) < 4.78 is 1.73. The number of aryl methyl sites for hydroxylation is 2. The van der Waals surface area contributed by atoms with Gasteiger partial charge in [0, 0.05) is 37.2 Å². The molecule has 0 unspecified atom stereocenters. The highest BCUT2D eigenvalue weighted by Crippen LogP contribution is 2.26. The molecule has 0 saturated heterocycles. The molecule has 0 saturated carbocycles. The summed E-state index contributed by atoms with van der Waals surface area (Å²) >= 11 is 1.59. The highest BCUT2D eigenvalue weighted by molar-refractivity contribution is 7.09. The van der Waals surface area contributed by atoms with Crippen LogP contribution in [0.5, 0.6) is 0 Å². The zero-order chi connectivity index (χ0) is 18.8. The summed E-state index contributed by atoms with van der Waals surface area (Å²) in [5.74, 6) is -0.118. The van der Waals surface area contributed by atoms with Gasteiger partial charge in [-0.05, 0) is 13.0 Å². The van der Waals surface area contributed by atoms with Crippen molar-refractivity contribution in [3.63, 3.8) is 0 Å². The molecule has 136 valence electrons. The summed E-state index contributed by atoms with van der Waals surface area (Å²) in [5, 5.41) is 11.2. The maximum atomic E-state index is 12.9. The fourth-order valence-electron chi connectivity index (χ4n) is 3.14. The Balaban J connectivity index is 1.70. The molecule has 0 atom stereocenters. The van der Waals surface area contributed by atoms with Gasteiger partial charge >= 0.3 is 0 Å². The largest absolute Gasteiger partial charge is 0.352 e. The number of hydrogen-bond donors (Lipinski definition) is 1. The number of fused-ring (bicyclic) bond motifs is 1. The van der Waals surface area contributed by atoms with Gasteiger partial charge in [0.05, 0.1) is 27.3 Å². The van der Waals surface area contributed by atoms with Gasteiger partial charge in [0.25, 0.3) is 5.91 Å². The van der Waals surface area contributed by atoms with Crippen molar-refractivity contribution in [2.45, 2.75) is 13.3 Å². The van der Waals surface area contributed by atoms with Crippen LogP contribution in [0.25, 0.3) is 22.3 Å². The number of benzene rings is 1. The predicted octanol–water partition coefficient (Wildman–Crippen LogP) is 3.37. The Morgan fingerprint density at radius 1 is 1.26 bits per heavy atom. The lowest BCUT2D eigenvalue weighted by molar-refractivity contribution is 0.0955. The minimum atomic E-state index is -0.118. The topological polar surface area (TPSA) is 72.7 Å². The van der Waals surface area contributed by atoms with Crippen molar-refractivity contribution in [1.82, 2.24) is 25.1 Å². The van der Waals surface area contributed by atoms with Crippen molar-refractivity contribution in [2.75, 3.05) is 6.54 Å². The number of aromatic nitrogens is 4. The van der Waals surface area contributed by atoms with Gasteiger partial charge in [-0.25, -0.2) is 9.97 Å². The maximum absolute atomic E-state index is 12.9. The van der Waals surface area contributed by atoms with Gasteiger partial charge in [-0.1, -0.05) is 30.3 Å². The molecule has 4 aromatic rings. The summed E-state index contributed by atoms with van der Waals surface area (Å²) in [6.07, 6.45) is 2.49. The highest BCUT2D eigenvalue weighted by atomic mass is 32.1. The number of hydrogen-bond acceptors (Lipinski definition) is 5. The van der Waals surface area contributed by atoms with Crippen LogP contribution in [0.4, 0.5) is 0 Å². The number of rotatable bonds is 5. The average molecular weight is 377 g/mol. The summed E-state index contributed by atoms with van der Waals surface area (Å²) in [7, 11) is 1.85. The molecule has 1 N–H and O–H groups in total. The third-order valence-corrected chi connectivity index (χ3v) is 5.23. The van der Waals surface area contributed by atoms with Crippen LogP contribution in [0.15, 0.2) is 48.0 Å². The molecule has 1 aromatic carbocycles. The Morgan fingerprint density at radius 3 is 2.81 bits per heavy atom. The molecule has 27 heavy (non-hydrogen) atoms. The van der Waals surface area contributed by atoms with Crippen molar-refractivity contribution in [1.29, 1.82) is 0 Å². The molecule has 0 spiro atoms. The molecule has 0 bridgehead atoms. The van der Waals surface area contributed by atoms with E-state index < -0.39 is 0 Å². The van der Waals surface area contributed by atoms with Crippen molar-refractivity contribution in [2.24, 2.45) is 7.05 Å². The van der Waals surface area contributed by atoms with Crippen molar-refractivity contribution >= 4 is 28.3 Å². The van der Waals surface area contributed by atoms with E-state index in [2.05, 4.69) is 15.4 Å². The Morgan fingerprint density at radius 2 is 2.07 bits per heavy atom. The molecule has 4 rings (SSSR count). The summed E-state index contributed by atoms with van der Waals surface area (Å²) in [4.78, 5) is 21.9. The normalized spacial score (nSPS) is 11.0. The first-order valence-electron chi connectivity index (χ1n) is 8.70. The van der Waals surface area contributed by atoms with E-state index in [-0.39, 0.29) is 5.91 Å². The second-order valence-electron chi connectivity index (χ2n) is 6.26. The van der Waals surface area contributed by atoms with E-state index in [1.54, 1.807) is 22.2 Å². The molecule has 3 aromatic heterocycles. The summed E-state index contributed by atoms with van der Waals surface area (Å²) in [6, 6.07) is 11.7. The van der Waals surface area contributed by atoms with Crippen molar-refractivity contribution in [3.8, 4) is 11.3 Å². The zero-order valence-electron chi connectivity index (χ0n) is 15.1. The molecular weight excluding hydrogens is 358 g/mol. The van der Waals surface area contributed by atoms with Crippen molar-refractivity contribution < 1.29 is 4.79 Å². The molecule has 0 radical (unpaired) electrons. The summed E-state index contributed by atoms with van der Waals surface area (Å²) in [6.45, 7) is 2.44. The van der Waals surface area contributed by atoms with E-state index in [9.17, 15) is 4.79 Å². The first kappa shape index (κ1) is 17.4. The molecule has 1 amide bonds. The number of carbonyl (C=O) groups is 1. The number of nitrogens with zero attached hydrogens (tertiary/aromatic N) is 4. The zero-order valence-corrected chi connectivity index (χ0v) is 16.0. The van der Waals surface area contributed by atoms with Gasteiger partial charge < -0.3 is 5.32 Å². The van der Waals surface area contributed by atoms with E-state index in [1.165, 1.54) is 0 Å². The fraction of sp³-hybridized carbons (Fsp3) is 0.200. The standard InChI is InChI=1S/C20H19N5OS/c1-13-18-15(20(26)22-9-8-17-21-10-11-27-17)12-16(14-6-4-3-5-7-14)23-19(18)25(2)24-13/h3-7,10-12H,8-9H2,1-2H3,(H,22,26). The van der Waals surface area contributed by atoms with Gasteiger partial charge in [0.15, 0.2) is 5.65 Å². The second kappa shape index (κ2) is 7.28. The lowest BCUT2D eigenvalue weighted by Gasteiger charge is -2.09. The first-order chi connectivity index (χ1) is 13.1. The lowest BCUT2D eigenvalue weighted by atomic mass is 10.0. The molecule has 0 fully saturated rings. The molecule has 0 aliphatic heterocycles. The third-order valence-electron chi connectivity index (χ3n) is 4.39. The lowest BCUT2D eigenvalue weighted by Crippen LogP contribution is -2.26. The van der Waals surface area contributed by atoms with E-state index in [0.717, 1.165) is 33.8 Å². The summed E-state index contributed by atoms with van der Waals surface area (Å²) in [5.41, 5.74) is 3.83. The van der Waals surface area contributed by atoms with E-state index in [1.807, 2.05) is 55.7 Å². The molecule has 0 aliphatic carbocycles. The molecular formula is C20H19N5OS. The van der Waals surface area contributed by atoms with Crippen LogP contribution < -0.4 is 5.32 Å². The second-order valence-corrected chi connectivity index (χ2v) is 7.24. The molecule has 7 heteroatoms. The van der Waals surface area contributed by atoms with Crippen LogP contribution in [0.3, 0.4) is 0 Å². The van der Waals surface area contributed by atoms with Crippen molar-refractivity contribution in [3.05, 3.63) is 64.2 Å². The van der Waals surface area contributed by atoms with Crippen LogP contribution in [0.2, 0.25) is 0 Å². The Bertz CT molecular complexity index is 1090. The van der Waals surface area contributed by atoms with Crippen LogP contribution in [-0.4, -0.2) is 32.2 Å². The number of carbonyl (C=O) groups excluding carboxylic acids is 1. The molecule has 6 nitrogen and oxygen atoms in total. The van der Waals surface area contributed by atoms with Crippen LogP contribution in [0, 0.1) is 6.92 Å². The van der Waals surface area contributed by atoms with Crippen LogP contribution in [0.1, 0.15) is 21.1 Å². The van der Waals surface area contributed by atoms with E-state index >= 15 is 0 Å². The SMILES string of the molecule is Cc1nn(C)c2nc(-c3ccccc3)cc(C(=O)NCCc3nccs3)c12. The third kappa shape index (κ3) is 3.46.